The van der Waals surface area contributed by atoms with Crippen LogP contribution in [0.25, 0.3) is 0 Å². The van der Waals surface area contributed by atoms with E-state index in [9.17, 15) is 0 Å². The van der Waals surface area contributed by atoms with Crippen molar-refractivity contribution in [2.24, 2.45) is 11.7 Å². The van der Waals surface area contributed by atoms with E-state index in [1.165, 1.54) is 49.7 Å². The van der Waals surface area contributed by atoms with E-state index in [2.05, 4.69) is 45.0 Å². The molecular formula is C18H29N. The standard InChI is InChI=1S/C18H29N/c1-18(2,3)16-12-9-14(10-13-16)8-11-15-6-4-5-7-17(15)19/h9-10,12-13,15,17H,4-8,11,19H2,1-3H3. The minimum Gasteiger partial charge on any atom is -0.327 e. The zero-order valence-electron chi connectivity index (χ0n) is 12.8. The molecule has 0 aromatic heterocycles. The van der Waals surface area contributed by atoms with Crippen LogP contribution in [0.1, 0.15) is 64.0 Å². The molecule has 2 rings (SSSR count). The predicted octanol–water partition coefficient (Wildman–Crippen LogP) is 4.43. The molecule has 1 nitrogen and oxygen atoms in total. The van der Waals surface area contributed by atoms with Crippen LogP contribution in [-0.4, -0.2) is 6.04 Å². The molecule has 0 aliphatic heterocycles. The minimum absolute atomic E-state index is 0.254. The molecule has 0 bridgehead atoms. The summed E-state index contributed by atoms with van der Waals surface area (Å²) >= 11 is 0. The fourth-order valence-electron chi connectivity index (χ4n) is 3.12. The van der Waals surface area contributed by atoms with Crippen LogP contribution in [0.3, 0.4) is 0 Å². The fourth-order valence-corrected chi connectivity index (χ4v) is 3.12. The van der Waals surface area contributed by atoms with Gasteiger partial charge in [-0.1, -0.05) is 57.9 Å². The predicted molar refractivity (Wildman–Crippen MR) is 83.4 cm³/mol. The molecule has 0 heterocycles. The molecule has 2 unspecified atom stereocenters. The Labute approximate surface area is 118 Å². The number of hydrogen-bond donors (Lipinski definition) is 1. The first-order chi connectivity index (χ1) is 8.97. The summed E-state index contributed by atoms with van der Waals surface area (Å²) < 4.78 is 0. The van der Waals surface area contributed by atoms with E-state index in [1.807, 2.05) is 0 Å². The maximum atomic E-state index is 6.22. The maximum Gasteiger partial charge on any atom is 0.00672 e. The van der Waals surface area contributed by atoms with Crippen LogP contribution in [0.4, 0.5) is 0 Å². The van der Waals surface area contributed by atoms with Crippen LogP contribution in [-0.2, 0) is 11.8 Å². The third-order valence-corrected chi connectivity index (χ3v) is 4.59. The Morgan fingerprint density at radius 3 is 2.26 bits per heavy atom. The molecule has 1 heteroatoms. The van der Waals surface area contributed by atoms with E-state index in [1.54, 1.807) is 0 Å². The third-order valence-electron chi connectivity index (χ3n) is 4.59. The van der Waals surface area contributed by atoms with Crippen LogP contribution < -0.4 is 5.73 Å². The van der Waals surface area contributed by atoms with Gasteiger partial charge >= 0.3 is 0 Å². The molecule has 0 amide bonds. The monoisotopic (exact) mass is 259 g/mol. The maximum absolute atomic E-state index is 6.22. The Hall–Kier alpha value is -0.820. The second-order valence-electron chi connectivity index (χ2n) is 7.19. The summed E-state index contributed by atoms with van der Waals surface area (Å²) in [6.45, 7) is 6.80. The van der Waals surface area contributed by atoms with Crippen LogP contribution in [0.2, 0.25) is 0 Å². The number of benzene rings is 1. The van der Waals surface area contributed by atoms with Crippen LogP contribution in [0, 0.1) is 5.92 Å². The summed E-state index contributed by atoms with van der Waals surface area (Å²) in [5.74, 6) is 0.746. The van der Waals surface area contributed by atoms with Crippen molar-refractivity contribution in [3.8, 4) is 0 Å². The van der Waals surface area contributed by atoms with E-state index >= 15 is 0 Å². The number of nitrogens with two attached hydrogens (primary N) is 1. The molecule has 106 valence electrons. The summed E-state index contributed by atoms with van der Waals surface area (Å²) in [5, 5.41) is 0. The zero-order chi connectivity index (χ0) is 13.9. The van der Waals surface area contributed by atoms with E-state index in [4.69, 9.17) is 5.73 Å². The third kappa shape index (κ3) is 4.07. The minimum atomic E-state index is 0.254. The molecule has 1 aliphatic rings. The van der Waals surface area contributed by atoms with Gasteiger partial charge in [0.15, 0.2) is 0 Å². The molecule has 0 saturated heterocycles. The van der Waals surface area contributed by atoms with Gasteiger partial charge in [-0.05, 0) is 48.1 Å². The van der Waals surface area contributed by atoms with Gasteiger partial charge < -0.3 is 5.73 Å². The Bertz CT molecular complexity index is 385. The zero-order valence-corrected chi connectivity index (χ0v) is 12.8. The van der Waals surface area contributed by atoms with Gasteiger partial charge in [-0.2, -0.15) is 0 Å². The summed E-state index contributed by atoms with van der Waals surface area (Å²) in [6.07, 6.45) is 7.72. The van der Waals surface area contributed by atoms with Crippen molar-refractivity contribution in [3.63, 3.8) is 0 Å². The Balaban J connectivity index is 1.89. The van der Waals surface area contributed by atoms with Gasteiger partial charge in [0.25, 0.3) is 0 Å². The second kappa shape index (κ2) is 6.09. The van der Waals surface area contributed by atoms with Crippen molar-refractivity contribution in [3.05, 3.63) is 35.4 Å². The lowest BCUT2D eigenvalue weighted by Gasteiger charge is -2.28. The van der Waals surface area contributed by atoms with Gasteiger partial charge in [0.2, 0.25) is 0 Å². The van der Waals surface area contributed by atoms with Gasteiger partial charge in [-0.25, -0.2) is 0 Å². The first kappa shape index (κ1) is 14.6. The van der Waals surface area contributed by atoms with Crippen LogP contribution in [0.15, 0.2) is 24.3 Å². The lowest BCUT2D eigenvalue weighted by atomic mass is 9.81. The van der Waals surface area contributed by atoms with Crippen molar-refractivity contribution < 1.29 is 0 Å². The fraction of sp³-hybridized carbons (Fsp3) is 0.667. The van der Waals surface area contributed by atoms with Crippen molar-refractivity contribution in [2.75, 3.05) is 0 Å². The topological polar surface area (TPSA) is 26.0 Å². The van der Waals surface area contributed by atoms with Gasteiger partial charge in [0.1, 0.15) is 0 Å². The first-order valence-corrected chi connectivity index (χ1v) is 7.82. The number of rotatable bonds is 3. The summed E-state index contributed by atoms with van der Waals surface area (Å²) in [5.41, 5.74) is 9.36. The number of aryl methyl sites for hydroxylation is 1. The molecule has 0 spiro atoms. The first-order valence-electron chi connectivity index (χ1n) is 7.82. The number of hydrogen-bond acceptors (Lipinski definition) is 1. The Morgan fingerprint density at radius 1 is 1.05 bits per heavy atom. The van der Waals surface area contributed by atoms with Gasteiger partial charge in [-0.3, -0.25) is 0 Å². The summed E-state index contributed by atoms with van der Waals surface area (Å²) in [7, 11) is 0. The van der Waals surface area contributed by atoms with Crippen molar-refractivity contribution in [1.82, 2.24) is 0 Å². The smallest absolute Gasteiger partial charge is 0.00672 e. The highest BCUT2D eigenvalue weighted by Crippen LogP contribution is 2.27. The van der Waals surface area contributed by atoms with Crippen LogP contribution >= 0.6 is 0 Å². The molecule has 1 fully saturated rings. The highest BCUT2D eigenvalue weighted by molar-refractivity contribution is 5.27. The van der Waals surface area contributed by atoms with E-state index < -0.39 is 0 Å². The normalized spacial score (nSPS) is 24.4. The van der Waals surface area contributed by atoms with E-state index in [0.717, 1.165) is 5.92 Å². The van der Waals surface area contributed by atoms with Gasteiger partial charge in [0, 0.05) is 6.04 Å². The molecule has 1 saturated carbocycles. The summed E-state index contributed by atoms with van der Waals surface area (Å²) in [4.78, 5) is 0. The van der Waals surface area contributed by atoms with E-state index in [0.29, 0.717) is 6.04 Å². The SMILES string of the molecule is CC(C)(C)c1ccc(CCC2CCCCC2N)cc1. The average molecular weight is 259 g/mol. The lowest BCUT2D eigenvalue weighted by Crippen LogP contribution is -2.33. The molecule has 2 N–H and O–H groups in total. The molecule has 19 heavy (non-hydrogen) atoms. The summed E-state index contributed by atoms with van der Waals surface area (Å²) in [6, 6.07) is 9.62. The molecular weight excluding hydrogens is 230 g/mol. The Kier molecular flexibility index (Phi) is 4.67. The highest BCUT2D eigenvalue weighted by Gasteiger charge is 2.21. The molecule has 1 aromatic carbocycles. The molecule has 2 atom stereocenters. The molecule has 1 aliphatic carbocycles. The van der Waals surface area contributed by atoms with Gasteiger partial charge in [0.05, 0.1) is 0 Å². The lowest BCUT2D eigenvalue weighted by molar-refractivity contribution is 0.292. The van der Waals surface area contributed by atoms with Crippen molar-refractivity contribution in [2.45, 2.75) is 70.8 Å². The van der Waals surface area contributed by atoms with Crippen molar-refractivity contribution in [1.29, 1.82) is 0 Å². The van der Waals surface area contributed by atoms with Crippen LogP contribution in [0.5, 0.6) is 0 Å². The average Bonchev–Trinajstić information content (AvgIpc) is 2.37. The molecule has 0 radical (unpaired) electrons. The second-order valence-corrected chi connectivity index (χ2v) is 7.19. The van der Waals surface area contributed by atoms with E-state index in [-0.39, 0.29) is 5.41 Å². The highest BCUT2D eigenvalue weighted by atomic mass is 14.7. The largest absolute Gasteiger partial charge is 0.327 e. The molecule has 1 aromatic rings. The quantitative estimate of drug-likeness (QED) is 0.853. The van der Waals surface area contributed by atoms with Gasteiger partial charge in [-0.15, -0.1) is 0 Å². The van der Waals surface area contributed by atoms with Crippen molar-refractivity contribution >= 4 is 0 Å². The Morgan fingerprint density at radius 2 is 1.68 bits per heavy atom.